The summed E-state index contributed by atoms with van der Waals surface area (Å²) in [6, 6.07) is 8.19. The fraction of sp³-hybridized carbons (Fsp3) is 0.455. The number of ether oxygens (including phenoxy) is 2. The zero-order valence-corrected chi connectivity index (χ0v) is 17.4. The summed E-state index contributed by atoms with van der Waals surface area (Å²) < 4.78 is 15.5. The molecule has 2 aromatic heterocycles. The molecule has 29 heavy (non-hydrogen) atoms. The number of rotatable bonds is 7. The van der Waals surface area contributed by atoms with E-state index in [1.165, 1.54) is 11.3 Å². The number of benzene rings is 1. The van der Waals surface area contributed by atoms with Crippen molar-refractivity contribution in [2.45, 2.75) is 39.8 Å². The maximum atomic E-state index is 5.84. The van der Waals surface area contributed by atoms with Crippen molar-refractivity contribution >= 4 is 0 Å². The Morgan fingerprint density at radius 2 is 1.90 bits per heavy atom. The summed E-state index contributed by atoms with van der Waals surface area (Å²) in [5, 5.41) is 12.7. The van der Waals surface area contributed by atoms with Gasteiger partial charge in [-0.25, -0.2) is 0 Å². The van der Waals surface area contributed by atoms with Gasteiger partial charge in [-0.15, -0.1) is 0 Å². The van der Waals surface area contributed by atoms with E-state index < -0.39 is 0 Å². The number of fused-ring (bicyclic) bond motifs is 1. The number of hydrogen-bond donors (Lipinski definition) is 1. The van der Waals surface area contributed by atoms with Crippen LogP contribution in [-0.2, 0) is 20.1 Å². The van der Waals surface area contributed by atoms with E-state index in [1.54, 1.807) is 0 Å². The standard InChI is InChI=1S/C22H29N5O2/c1-16-12-17(2)27(24-16)9-4-8-23-14-19-15-26(3)25-22(19)18-6-7-20-21(13-18)29-11-5-10-28-20/h6-7,12-13,15,23H,4-5,8-11,14H2,1-3H3. The van der Waals surface area contributed by atoms with E-state index in [2.05, 4.69) is 45.4 Å². The predicted molar refractivity (Wildman–Crippen MR) is 112 cm³/mol. The maximum Gasteiger partial charge on any atom is 0.161 e. The molecule has 3 heterocycles. The van der Waals surface area contributed by atoms with Crippen LogP contribution in [0.4, 0.5) is 0 Å². The molecule has 7 heteroatoms. The summed E-state index contributed by atoms with van der Waals surface area (Å²) in [5.74, 6) is 1.61. The van der Waals surface area contributed by atoms with E-state index in [4.69, 9.17) is 9.47 Å². The molecule has 154 valence electrons. The first kappa shape index (κ1) is 19.5. The molecule has 0 aliphatic carbocycles. The SMILES string of the molecule is Cc1cc(C)n(CCCNCc2cn(C)nc2-c2ccc3c(c2)OCCCO3)n1. The summed E-state index contributed by atoms with van der Waals surface area (Å²) in [6.45, 7) is 8.14. The van der Waals surface area contributed by atoms with Gasteiger partial charge in [-0.1, -0.05) is 0 Å². The quantitative estimate of drug-likeness (QED) is 0.622. The van der Waals surface area contributed by atoms with Crippen LogP contribution < -0.4 is 14.8 Å². The lowest BCUT2D eigenvalue weighted by Crippen LogP contribution is -2.17. The van der Waals surface area contributed by atoms with Crippen LogP contribution in [0.25, 0.3) is 11.3 Å². The third-order valence-electron chi connectivity index (χ3n) is 5.07. The smallest absolute Gasteiger partial charge is 0.161 e. The van der Waals surface area contributed by atoms with Crippen LogP contribution in [-0.4, -0.2) is 39.3 Å². The summed E-state index contributed by atoms with van der Waals surface area (Å²) in [4.78, 5) is 0. The monoisotopic (exact) mass is 395 g/mol. The van der Waals surface area contributed by atoms with E-state index in [9.17, 15) is 0 Å². The van der Waals surface area contributed by atoms with Gasteiger partial charge in [0, 0.05) is 49.6 Å². The Balaban J connectivity index is 1.38. The lowest BCUT2D eigenvalue weighted by atomic mass is 10.1. The molecular formula is C22H29N5O2. The van der Waals surface area contributed by atoms with Crippen molar-refractivity contribution < 1.29 is 9.47 Å². The summed E-state index contributed by atoms with van der Waals surface area (Å²) in [6.07, 6.45) is 4.01. The van der Waals surface area contributed by atoms with Gasteiger partial charge in [-0.2, -0.15) is 10.2 Å². The van der Waals surface area contributed by atoms with Gasteiger partial charge in [-0.3, -0.25) is 9.36 Å². The lowest BCUT2D eigenvalue weighted by molar-refractivity contribution is 0.297. The third-order valence-corrected chi connectivity index (χ3v) is 5.07. The van der Waals surface area contributed by atoms with Crippen LogP contribution in [0, 0.1) is 13.8 Å². The first-order valence-electron chi connectivity index (χ1n) is 10.2. The van der Waals surface area contributed by atoms with E-state index in [1.807, 2.05) is 30.8 Å². The molecule has 0 saturated carbocycles. The highest BCUT2D eigenvalue weighted by Crippen LogP contribution is 2.34. The molecule has 1 aliphatic heterocycles. The molecule has 0 spiro atoms. The summed E-state index contributed by atoms with van der Waals surface area (Å²) in [5.41, 5.74) is 5.49. The number of nitrogens with zero attached hydrogens (tertiary/aromatic N) is 4. The summed E-state index contributed by atoms with van der Waals surface area (Å²) in [7, 11) is 1.96. The van der Waals surface area contributed by atoms with Gasteiger partial charge in [0.1, 0.15) is 0 Å². The van der Waals surface area contributed by atoms with Gasteiger partial charge in [0.25, 0.3) is 0 Å². The minimum atomic E-state index is 0.683. The van der Waals surface area contributed by atoms with E-state index in [0.717, 1.165) is 60.9 Å². The predicted octanol–water partition coefficient (Wildman–Crippen LogP) is 3.24. The second-order valence-corrected chi connectivity index (χ2v) is 7.57. The van der Waals surface area contributed by atoms with Gasteiger partial charge in [-0.05, 0) is 51.1 Å². The Hall–Kier alpha value is -2.80. The van der Waals surface area contributed by atoms with Gasteiger partial charge in [0.05, 0.1) is 24.6 Å². The third kappa shape index (κ3) is 4.62. The van der Waals surface area contributed by atoms with Gasteiger partial charge in [0.2, 0.25) is 0 Å². The largest absolute Gasteiger partial charge is 0.490 e. The van der Waals surface area contributed by atoms with Gasteiger partial charge < -0.3 is 14.8 Å². The molecule has 0 amide bonds. The van der Waals surface area contributed by atoms with Crippen molar-refractivity contribution in [3.8, 4) is 22.8 Å². The minimum absolute atomic E-state index is 0.683. The van der Waals surface area contributed by atoms with Crippen molar-refractivity contribution in [1.29, 1.82) is 0 Å². The fourth-order valence-corrected chi connectivity index (χ4v) is 3.70. The molecule has 4 rings (SSSR count). The molecule has 1 aliphatic rings. The highest BCUT2D eigenvalue weighted by molar-refractivity contribution is 5.66. The van der Waals surface area contributed by atoms with Gasteiger partial charge in [0.15, 0.2) is 11.5 Å². The molecule has 3 aromatic rings. The van der Waals surface area contributed by atoms with Crippen LogP contribution in [0.15, 0.2) is 30.5 Å². The molecule has 0 radical (unpaired) electrons. The second-order valence-electron chi connectivity index (χ2n) is 7.57. The first-order chi connectivity index (χ1) is 14.1. The lowest BCUT2D eigenvalue weighted by Gasteiger charge is -2.10. The number of aromatic nitrogens is 4. The Morgan fingerprint density at radius 3 is 2.69 bits per heavy atom. The highest BCUT2D eigenvalue weighted by Gasteiger charge is 2.15. The van der Waals surface area contributed by atoms with E-state index in [0.29, 0.717) is 13.2 Å². The minimum Gasteiger partial charge on any atom is -0.490 e. The Morgan fingerprint density at radius 1 is 1.07 bits per heavy atom. The van der Waals surface area contributed by atoms with Crippen LogP contribution in [0.1, 0.15) is 29.8 Å². The number of hydrogen-bond acceptors (Lipinski definition) is 5. The van der Waals surface area contributed by atoms with Gasteiger partial charge >= 0.3 is 0 Å². The van der Waals surface area contributed by atoms with Crippen LogP contribution in [0.5, 0.6) is 11.5 Å². The molecule has 7 nitrogen and oxygen atoms in total. The molecule has 0 fully saturated rings. The number of nitrogens with one attached hydrogen (secondary N) is 1. The molecule has 1 aromatic carbocycles. The molecule has 0 unspecified atom stereocenters. The molecule has 0 atom stereocenters. The van der Waals surface area contributed by atoms with Crippen molar-refractivity contribution in [3.05, 3.63) is 47.4 Å². The topological polar surface area (TPSA) is 66.1 Å². The fourth-order valence-electron chi connectivity index (χ4n) is 3.70. The molecule has 0 bridgehead atoms. The zero-order chi connectivity index (χ0) is 20.2. The molecule has 1 N–H and O–H groups in total. The summed E-state index contributed by atoms with van der Waals surface area (Å²) >= 11 is 0. The average Bonchev–Trinajstić information content (AvgIpc) is 3.12. The van der Waals surface area contributed by atoms with Crippen molar-refractivity contribution in [1.82, 2.24) is 24.9 Å². The normalized spacial score (nSPS) is 13.5. The van der Waals surface area contributed by atoms with Crippen molar-refractivity contribution in [2.75, 3.05) is 19.8 Å². The molecule has 0 saturated heterocycles. The van der Waals surface area contributed by atoms with E-state index >= 15 is 0 Å². The Labute approximate surface area is 171 Å². The van der Waals surface area contributed by atoms with Crippen molar-refractivity contribution in [3.63, 3.8) is 0 Å². The number of aryl methyl sites for hydroxylation is 4. The van der Waals surface area contributed by atoms with Crippen molar-refractivity contribution in [2.24, 2.45) is 7.05 Å². The van der Waals surface area contributed by atoms with Crippen LogP contribution in [0.2, 0.25) is 0 Å². The average molecular weight is 396 g/mol. The maximum absolute atomic E-state index is 5.84. The first-order valence-corrected chi connectivity index (χ1v) is 10.2. The Bertz CT molecular complexity index is 976. The highest BCUT2D eigenvalue weighted by atomic mass is 16.5. The van der Waals surface area contributed by atoms with E-state index in [-0.39, 0.29) is 0 Å². The molecular weight excluding hydrogens is 366 g/mol. The Kier molecular flexibility index (Phi) is 5.85. The van der Waals surface area contributed by atoms with Crippen LogP contribution in [0.3, 0.4) is 0 Å². The second kappa shape index (κ2) is 8.69. The van der Waals surface area contributed by atoms with Crippen LogP contribution >= 0.6 is 0 Å². The zero-order valence-electron chi connectivity index (χ0n) is 17.4.